The fourth-order valence-electron chi connectivity index (χ4n) is 3.63. The third kappa shape index (κ3) is 2.92. The van der Waals surface area contributed by atoms with Crippen LogP contribution < -0.4 is 0 Å². The molecule has 11 nitrogen and oxygen atoms in total. The van der Waals surface area contributed by atoms with E-state index in [9.17, 15) is 14.7 Å². The first-order valence-electron chi connectivity index (χ1n) is 8.67. The third-order valence-electron chi connectivity index (χ3n) is 4.85. The number of carbonyl (C=O) groups excluding carboxylic acids is 1. The van der Waals surface area contributed by atoms with Crippen LogP contribution in [0, 0.1) is 0 Å². The summed E-state index contributed by atoms with van der Waals surface area (Å²) in [6, 6.07) is 7.28. The van der Waals surface area contributed by atoms with E-state index in [1.54, 1.807) is 6.20 Å². The largest absolute Gasteiger partial charge is 0.479 e. The van der Waals surface area contributed by atoms with Gasteiger partial charge in [-0.15, -0.1) is 0 Å². The van der Waals surface area contributed by atoms with Crippen molar-refractivity contribution >= 4 is 12.0 Å². The van der Waals surface area contributed by atoms with Gasteiger partial charge in [0.2, 0.25) is 0 Å². The first-order chi connectivity index (χ1) is 13.6. The predicted molar refractivity (Wildman–Crippen MR) is 94.5 cm³/mol. The molecular formula is C17H17N7O4. The molecule has 2 amide bonds. The van der Waals surface area contributed by atoms with Crippen LogP contribution in [-0.4, -0.2) is 49.9 Å². The number of carbonyl (C=O) groups is 2. The first kappa shape index (κ1) is 17.8. The normalized spacial score (nSPS) is 20.1. The molecule has 2 aliphatic rings. The number of hydrogen-bond acceptors (Lipinski definition) is 5. The molecule has 1 N–H and O–H groups in total. The number of fused-ring (bicyclic) bond motifs is 4. The third-order valence-corrected chi connectivity index (χ3v) is 4.85. The van der Waals surface area contributed by atoms with E-state index in [0.29, 0.717) is 11.3 Å². The quantitative estimate of drug-likeness (QED) is 0.444. The van der Waals surface area contributed by atoms with E-state index in [-0.39, 0.29) is 26.2 Å². The minimum absolute atomic E-state index is 0.129. The van der Waals surface area contributed by atoms with Gasteiger partial charge in [0.15, 0.2) is 6.04 Å². The van der Waals surface area contributed by atoms with E-state index in [2.05, 4.69) is 15.1 Å². The second-order valence-electron chi connectivity index (χ2n) is 6.44. The molecule has 1 aromatic heterocycles. The average Bonchev–Trinajstić information content (AvgIpc) is 3.23. The topological polar surface area (TPSA) is 137 Å². The predicted octanol–water partition coefficient (Wildman–Crippen LogP) is 2.24. The summed E-state index contributed by atoms with van der Waals surface area (Å²) in [5.74, 6) is -1.15. The minimum Gasteiger partial charge on any atom is -0.479 e. The molecule has 0 aliphatic carbocycles. The lowest BCUT2D eigenvalue weighted by molar-refractivity contribution is -0.143. The molecule has 28 heavy (non-hydrogen) atoms. The van der Waals surface area contributed by atoms with Crippen LogP contribution in [0.25, 0.3) is 10.4 Å². The lowest BCUT2D eigenvalue weighted by atomic mass is 9.98. The molecule has 2 aromatic rings. The summed E-state index contributed by atoms with van der Waals surface area (Å²) in [6.45, 7) is 0.751. The summed E-state index contributed by atoms with van der Waals surface area (Å²) >= 11 is 0. The molecule has 1 aromatic carbocycles. The molecule has 0 unspecified atom stereocenters. The molecule has 1 fully saturated rings. The summed E-state index contributed by atoms with van der Waals surface area (Å²) in [6.07, 6.45) is 1.56. The Bertz CT molecular complexity index is 954. The fourth-order valence-corrected chi connectivity index (χ4v) is 3.63. The number of amides is 2. The van der Waals surface area contributed by atoms with Gasteiger partial charge in [0.1, 0.15) is 12.6 Å². The Morgan fingerprint density at radius 3 is 2.89 bits per heavy atom. The van der Waals surface area contributed by atoms with Crippen molar-refractivity contribution in [1.29, 1.82) is 0 Å². The Labute approximate surface area is 159 Å². The molecule has 2 atom stereocenters. The molecule has 3 heterocycles. The van der Waals surface area contributed by atoms with Gasteiger partial charge >= 0.3 is 12.0 Å². The molecule has 144 valence electrons. The highest BCUT2D eigenvalue weighted by molar-refractivity contribution is 5.86. The molecule has 2 aliphatic heterocycles. The number of aromatic nitrogens is 2. The minimum atomic E-state index is -1.17. The monoisotopic (exact) mass is 383 g/mol. The summed E-state index contributed by atoms with van der Waals surface area (Å²) in [5.41, 5.74) is 10.4. The van der Waals surface area contributed by atoms with Crippen molar-refractivity contribution in [2.45, 2.75) is 25.2 Å². The van der Waals surface area contributed by atoms with Crippen molar-refractivity contribution in [2.75, 3.05) is 13.1 Å². The van der Waals surface area contributed by atoms with Crippen LogP contribution in [0.2, 0.25) is 0 Å². The zero-order chi connectivity index (χ0) is 19.7. The maximum absolute atomic E-state index is 12.8. The lowest BCUT2D eigenvalue weighted by Gasteiger charge is -2.28. The maximum Gasteiger partial charge on any atom is 0.345 e. The number of nitrogens with zero attached hydrogens (tertiary/aromatic N) is 7. The van der Waals surface area contributed by atoms with Crippen molar-refractivity contribution in [3.8, 4) is 0 Å². The van der Waals surface area contributed by atoms with Crippen LogP contribution in [0.4, 0.5) is 4.79 Å². The second kappa shape index (κ2) is 7.22. The van der Waals surface area contributed by atoms with Gasteiger partial charge in [0.25, 0.3) is 0 Å². The number of rotatable bonds is 7. The van der Waals surface area contributed by atoms with E-state index in [1.807, 2.05) is 30.3 Å². The summed E-state index contributed by atoms with van der Waals surface area (Å²) in [7, 11) is 0. The number of carboxylic acid groups (broad SMARTS) is 1. The standard InChI is InChI=1S/C17H17N7O4/c18-21-19-6-7-23-14-12(8-20-23)13-9-22(15(14)16(25)26)17(27)24(13)28-10-11-4-2-1-3-5-11/h1-5,8,13,15H,6-7,9-10H2,(H,25,26)/t13-,15-/m0/s1. The summed E-state index contributed by atoms with van der Waals surface area (Å²) in [4.78, 5) is 34.5. The van der Waals surface area contributed by atoms with Crippen LogP contribution in [0.5, 0.6) is 0 Å². The molecule has 4 rings (SSSR count). The highest BCUT2D eigenvalue weighted by Crippen LogP contribution is 2.44. The summed E-state index contributed by atoms with van der Waals surface area (Å²) in [5, 5.41) is 18.7. The number of hydroxylamine groups is 2. The van der Waals surface area contributed by atoms with Gasteiger partial charge in [-0.2, -0.15) is 10.2 Å². The zero-order valence-electron chi connectivity index (χ0n) is 14.7. The molecule has 11 heteroatoms. The van der Waals surface area contributed by atoms with E-state index in [1.165, 1.54) is 14.6 Å². The molecule has 0 saturated carbocycles. The molecular weight excluding hydrogens is 366 g/mol. The number of urea groups is 1. The Morgan fingerprint density at radius 1 is 1.39 bits per heavy atom. The van der Waals surface area contributed by atoms with Crippen LogP contribution >= 0.6 is 0 Å². The SMILES string of the molecule is [N-]=[N+]=NCCn1ncc2c1[C@@H](C(=O)O)N1C[C@@H]2N(OCc2ccccc2)C1=O. The Morgan fingerprint density at radius 2 is 2.18 bits per heavy atom. The van der Waals surface area contributed by atoms with Crippen molar-refractivity contribution < 1.29 is 19.5 Å². The first-order valence-corrected chi connectivity index (χ1v) is 8.67. The zero-order valence-corrected chi connectivity index (χ0v) is 14.7. The van der Waals surface area contributed by atoms with E-state index >= 15 is 0 Å². The highest BCUT2D eigenvalue weighted by Gasteiger charge is 2.53. The Balaban J connectivity index is 1.64. The van der Waals surface area contributed by atoms with Gasteiger partial charge in [0, 0.05) is 23.6 Å². The molecule has 1 saturated heterocycles. The smallest absolute Gasteiger partial charge is 0.345 e. The second-order valence-corrected chi connectivity index (χ2v) is 6.44. The number of aliphatic carboxylic acids is 1. The number of benzene rings is 1. The van der Waals surface area contributed by atoms with Crippen LogP contribution in [0.3, 0.4) is 0 Å². The summed E-state index contributed by atoms with van der Waals surface area (Å²) < 4.78 is 1.48. The number of carboxylic acids is 1. The maximum atomic E-state index is 12.8. The van der Waals surface area contributed by atoms with Gasteiger partial charge in [0.05, 0.1) is 18.4 Å². The number of hydrogen-bond donors (Lipinski definition) is 1. The Hall–Kier alpha value is -3.56. The van der Waals surface area contributed by atoms with Crippen LogP contribution in [0.15, 0.2) is 41.6 Å². The van der Waals surface area contributed by atoms with Gasteiger partial charge in [-0.25, -0.2) is 9.59 Å². The van der Waals surface area contributed by atoms with E-state index in [0.717, 1.165) is 5.56 Å². The van der Waals surface area contributed by atoms with E-state index < -0.39 is 24.1 Å². The molecule has 2 bridgehead atoms. The van der Waals surface area contributed by atoms with Gasteiger partial charge in [-0.3, -0.25) is 9.52 Å². The molecule has 0 spiro atoms. The van der Waals surface area contributed by atoms with Gasteiger partial charge in [-0.05, 0) is 11.1 Å². The Kier molecular flexibility index (Phi) is 4.60. The van der Waals surface area contributed by atoms with Crippen LogP contribution in [0.1, 0.15) is 28.9 Å². The van der Waals surface area contributed by atoms with Crippen LogP contribution in [-0.2, 0) is 22.8 Å². The van der Waals surface area contributed by atoms with Gasteiger partial charge in [-0.1, -0.05) is 35.4 Å². The van der Waals surface area contributed by atoms with Crippen molar-refractivity contribution in [3.05, 3.63) is 63.8 Å². The lowest BCUT2D eigenvalue weighted by Crippen LogP contribution is -2.39. The fraction of sp³-hybridized carbons (Fsp3) is 0.353. The number of azide groups is 1. The highest BCUT2D eigenvalue weighted by atomic mass is 16.7. The van der Waals surface area contributed by atoms with Crippen molar-refractivity contribution in [2.24, 2.45) is 5.11 Å². The van der Waals surface area contributed by atoms with E-state index in [4.69, 9.17) is 10.4 Å². The van der Waals surface area contributed by atoms with Crippen molar-refractivity contribution in [3.63, 3.8) is 0 Å². The van der Waals surface area contributed by atoms with Gasteiger partial charge < -0.3 is 10.0 Å². The molecule has 0 radical (unpaired) electrons. The van der Waals surface area contributed by atoms with Crippen molar-refractivity contribution in [1.82, 2.24) is 19.7 Å². The average molecular weight is 383 g/mol.